The maximum absolute atomic E-state index is 11.2. The van der Waals surface area contributed by atoms with Crippen molar-refractivity contribution >= 4 is 12.1 Å². The Morgan fingerprint density at radius 1 is 0.727 bits per heavy atom. The molecule has 0 saturated carbocycles. The number of esters is 1. The first-order valence-corrected chi connectivity index (χ1v) is 9.13. The second kappa shape index (κ2) is 16.3. The van der Waals surface area contributed by atoms with Crippen molar-refractivity contribution < 1.29 is 14.3 Å². The molecule has 0 spiro atoms. The van der Waals surface area contributed by atoms with Gasteiger partial charge in [0.15, 0.2) is 0 Å². The van der Waals surface area contributed by atoms with Crippen LogP contribution in [0.3, 0.4) is 0 Å². The van der Waals surface area contributed by atoms with Crippen molar-refractivity contribution in [2.75, 3.05) is 7.05 Å². The van der Waals surface area contributed by atoms with Crippen LogP contribution in [0.2, 0.25) is 0 Å². The van der Waals surface area contributed by atoms with Crippen molar-refractivity contribution in [2.24, 2.45) is 0 Å². The molecule has 1 amide bonds. The monoisotopic (exact) mass is 313 g/mol. The molecule has 0 saturated heterocycles. The van der Waals surface area contributed by atoms with Crippen LogP contribution in [0.15, 0.2) is 0 Å². The predicted octanol–water partition coefficient (Wildman–Crippen LogP) is 5.35. The maximum atomic E-state index is 11.2. The molecular weight excluding hydrogens is 278 g/mol. The molecule has 0 aromatic carbocycles. The second-order valence-corrected chi connectivity index (χ2v) is 6.00. The Hall–Kier alpha value is -1.06. The van der Waals surface area contributed by atoms with Gasteiger partial charge in [-0.2, -0.15) is 0 Å². The SMILES string of the molecule is CCCCCCCCCCCCCCCC(=O)OC(=O)NC. The minimum absolute atomic E-state index is 0.338. The summed E-state index contributed by atoms with van der Waals surface area (Å²) in [6.45, 7) is 2.25. The van der Waals surface area contributed by atoms with Gasteiger partial charge in [-0.25, -0.2) is 4.79 Å². The minimum Gasteiger partial charge on any atom is -0.376 e. The van der Waals surface area contributed by atoms with Crippen LogP contribution in [-0.4, -0.2) is 19.1 Å². The lowest BCUT2D eigenvalue weighted by atomic mass is 10.0. The zero-order valence-electron chi connectivity index (χ0n) is 14.6. The summed E-state index contributed by atoms with van der Waals surface area (Å²) < 4.78 is 4.52. The van der Waals surface area contributed by atoms with Crippen LogP contribution in [-0.2, 0) is 9.53 Å². The van der Waals surface area contributed by atoms with Crippen molar-refractivity contribution in [3.8, 4) is 0 Å². The highest BCUT2D eigenvalue weighted by Crippen LogP contribution is 2.13. The molecule has 0 heterocycles. The van der Waals surface area contributed by atoms with E-state index in [-0.39, 0.29) is 0 Å². The van der Waals surface area contributed by atoms with Gasteiger partial charge in [0, 0.05) is 13.5 Å². The van der Waals surface area contributed by atoms with E-state index < -0.39 is 12.1 Å². The summed E-state index contributed by atoms with van der Waals surface area (Å²) in [6.07, 6.45) is 16.2. The fourth-order valence-corrected chi connectivity index (χ4v) is 2.49. The molecule has 130 valence electrons. The molecule has 0 atom stereocenters. The molecule has 0 aliphatic rings. The van der Waals surface area contributed by atoms with Crippen molar-refractivity contribution in [2.45, 2.75) is 96.8 Å². The minimum atomic E-state index is -0.667. The van der Waals surface area contributed by atoms with Gasteiger partial charge in [-0.05, 0) is 6.42 Å². The van der Waals surface area contributed by atoms with Gasteiger partial charge in [-0.3, -0.25) is 4.79 Å². The van der Waals surface area contributed by atoms with Gasteiger partial charge < -0.3 is 10.1 Å². The summed E-state index contributed by atoms with van der Waals surface area (Å²) in [5.41, 5.74) is 0. The fraction of sp³-hybridized carbons (Fsp3) is 0.889. The number of amides is 1. The van der Waals surface area contributed by atoms with Gasteiger partial charge in [0.05, 0.1) is 0 Å². The Balaban J connectivity index is 3.14. The number of rotatable bonds is 14. The van der Waals surface area contributed by atoms with Crippen LogP contribution < -0.4 is 5.32 Å². The second-order valence-electron chi connectivity index (χ2n) is 6.00. The third-order valence-corrected chi connectivity index (χ3v) is 3.90. The highest BCUT2D eigenvalue weighted by atomic mass is 16.6. The molecule has 0 fully saturated rings. The highest BCUT2D eigenvalue weighted by Gasteiger charge is 2.07. The molecule has 0 bridgehead atoms. The molecule has 1 N–H and O–H groups in total. The number of ether oxygens (including phenoxy) is 1. The van der Waals surface area contributed by atoms with Crippen LogP contribution >= 0.6 is 0 Å². The van der Waals surface area contributed by atoms with Crippen molar-refractivity contribution in [3.63, 3.8) is 0 Å². The van der Waals surface area contributed by atoms with Crippen LogP contribution in [0, 0.1) is 0 Å². The van der Waals surface area contributed by atoms with Gasteiger partial charge in [0.25, 0.3) is 0 Å². The van der Waals surface area contributed by atoms with E-state index in [9.17, 15) is 9.59 Å². The molecule has 0 aliphatic carbocycles. The third kappa shape index (κ3) is 15.3. The summed E-state index contributed by atoms with van der Waals surface area (Å²) in [7, 11) is 1.45. The summed E-state index contributed by atoms with van der Waals surface area (Å²) in [5, 5.41) is 2.26. The lowest BCUT2D eigenvalue weighted by Crippen LogP contribution is -2.22. The van der Waals surface area contributed by atoms with Crippen molar-refractivity contribution in [1.29, 1.82) is 0 Å². The Labute approximate surface area is 136 Å². The van der Waals surface area contributed by atoms with Gasteiger partial charge in [0.2, 0.25) is 0 Å². The molecule has 4 heteroatoms. The smallest absolute Gasteiger partial charge is 0.376 e. The van der Waals surface area contributed by atoms with E-state index in [4.69, 9.17) is 0 Å². The fourth-order valence-electron chi connectivity index (χ4n) is 2.49. The number of alkyl carbamates (subject to hydrolysis) is 1. The first-order valence-electron chi connectivity index (χ1n) is 9.13. The molecule has 0 radical (unpaired) electrons. The summed E-state index contributed by atoms with van der Waals surface area (Å²) >= 11 is 0. The molecule has 0 rings (SSSR count). The number of carbonyl (C=O) groups excluding carboxylic acids is 2. The maximum Gasteiger partial charge on any atom is 0.414 e. The average molecular weight is 313 g/mol. The first kappa shape index (κ1) is 20.9. The van der Waals surface area contributed by atoms with Crippen LogP contribution in [0.1, 0.15) is 96.8 Å². The van der Waals surface area contributed by atoms with Crippen LogP contribution in [0.4, 0.5) is 4.79 Å². The largest absolute Gasteiger partial charge is 0.414 e. The van der Waals surface area contributed by atoms with E-state index in [1.807, 2.05) is 0 Å². The predicted molar refractivity (Wildman–Crippen MR) is 90.9 cm³/mol. The van der Waals surface area contributed by atoms with Gasteiger partial charge in [-0.1, -0.05) is 84.0 Å². The number of hydrogen-bond acceptors (Lipinski definition) is 3. The summed E-state index contributed by atoms with van der Waals surface area (Å²) in [4.78, 5) is 22.0. The molecule has 0 unspecified atom stereocenters. The normalized spacial score (nSPS) is 10.5. The molecule has 0 aliphatic heterocycles. The van der Waals surface area contributed by atoms with Crippen LogP contribution in [0.25, 0.3) is 0 Å². The Morgan fingerprint density at radius 3 is 1.55 bits per heavy atom. The highest BCUT2D eigenvalue weighted by molar-refractivity contribution is 5.84. The average Bonchev–Trinajstić information content (AvgIpc) is 2.51. The van der Waals surface area contributed by atoms with E-state index in [2.05, 4.69) is 17.0 Å². The van der Waals surface area contributed by atoms with Gasteiger partial charge >= 0.3 is 12.1 Å². The number of carbonyl (C=O) groups is 2. The first-order chi connectivity index (χ1) is 10.7. The third-order valence-electron chi connectivity index (χ3n) is 3.90. The topological polar surface area (TPSA) is 55.4 Å². The zero-order valence-corrected chi connectivity index (χ0v) is 14.6. The molecule has 0 aromatic rings. The zero-order chi connectivity index (χ0) is 16.5. The lowest BCUT2D eigenvalue weighted by molar-refractivity contribution is -0.137. The van der Waals surface area contributed by atoms with E-state index in [1.54, 1.807) is 0 Å². The molecule has 4 nitrogen and oxygen atoms in total. The van der Waals surface area contributed by atoms with Crippen molar-refractivity contribution in [3.05, 3.63) is 0 Å². The molecular formula is C18H35NO3. The van der Waals surface area contributed by atoms with E-state index >= 15 is 0 Å². The van der Waals surface area contributed by atoms with Crippen molar-refractivity contribution in [1.82, 2.24) is 5.32 Å². The van der Waals surface area contributed by atoms with Gasteiger partial charge in [0.1, 0.15) is 0 Å². The Kier molecular flexibility index (Phi) is 15.5. The Morgan fingerprint density at radius 2 is 1.14 bits per heavy atom. The number of hydrogen-bond donors (Lipinski definition) is 1. The summed E-state index contributed by atoms with van der Waals surface area (Å²) in [5.74, 6) is -0.428. The molecule has 0 aromatic heterocycles. The van der Waals surface area contributed by atoms with Gasteiger partial charge in [-0.15, -0.1) is 0 Å². The quantitative estimate of drug-likeness (QED) is 0.267. The van der Waals surface area contributed by atoms with E-state index in [0.29, 0.717) is 6.42 Å². The lowest BCUT2D eigenvalue weighted by Gasteiger charge is -2.03. The number of unbranched alkanes of at least 4 members (excludes halogenated alkanes) is 12. The summed E-state index contributed by atoms with van der Waals surface area (Å²) in [6, 6.07) is 0. The van der Waals surface area contributed by atoms with E-state index in [0.717, 1.165) is 12.8 Å². The van der Waals surface area contributed by atoms with Crippen LogP contribution in [0.5, 0.6) is 0 Å². The Bertz CT molecular complexity index is 280. The molecule has 22 heavy (non-hydrogen) atoms. The van der Waals surface area contributed by atoms with E-state index in [1.165, 1.54) is 77.7 Å². The number of nitrogens with one attached hydrogen (secondary N) is 1. The standard InChI is InChI=1S/C18H35NO3/c1-3-4-5-6-7-8-9-10-11-12-13-14-15-16-17(20)22-18(21)19-2/h3-16H2,1-2H3,(H,19,21).